The lowest BCUT2D eigenvalue weighted by molar-refractivity contribution is -0.111. The summed E-state index contributed by atoms with van der Waals surface area (Å²) in [5.41, 5.74) is 12.0. The zero-order chi connectivity index (χ0) is 24.8. The first-order chi connectivity index (χ1) is 16.9. The van der Waals surface area contributed by atoms with Crippen molar-refractivity contribution in [2.24, 2.45) is 11.8 Å². The van der Waals surface area contributed by atoms with Crippen molar-refractivity contribution >= 4 is 34.7 Å². The number of amides is 1. The van der Waals surface area contributed by atoms with E-state index in [1.807, 2.05) is 35.7 Å². The molecule has 0 saturated heterocycles. The molecule has 3 N–H and O–H groups in total. The maximum Gasteiger partial charge on any atom is 0.248 e. The number of nitrogen functional groups attached to an aromatic ring is 1. The average Bonchev–Trinajstić information content (AvgIpc) is 3.50. The highest BCUT2D eigenvalue weighted by Gasteiger charge is 2.28. The number of carbonyl (C=O) groups excluding carboxylic acids is 1. The Morgan fingerprint density at radius 3 is 2.66 bits per heavy atom. The number of anilines is 2. The van der Waals surface area contributed by atoms with Gasteiger partial charge < -0.3 is 16.0 Å². The number of thiophene rings is 1. The van der Waals surface area contributed by atoms with Crippen LogP contribution >= 0.6 is 11.3 Å². The molecule has 1 amide bonds. The highest BCUT2D eigenvalue weighted by molar-refractivity contribution is 7.13. The molecule has 0 spiro atoms. The number of rotatable bonds is 9. The topological polar surface area (TPSA) is 58.4 Å². The first-order valence-electron chi connectivity index (χ1n) is 12.3. The van der Waals surface area contributed by atoms with Gasteiger partial charge in [0.25, 0.3) is 0 Å². The summed E-state index contributed by atoms with van der Waals surface area (Å²) < 4.78 is 0. The molecule has 1 saturated carbocycles. The summed E-state index contributed by atoms with van der Waals surface area (Å²) in [5.74, 6) is 1.29. The Morgan fingerprint density at radius 2 is 1.94 bits per heavy atom. The molecule has 5 heteroatoms. The zero-order valence-electron chi connectivity index (χ0n) is 20.7. The van der Waals surface area contributed by atoms with Crippen molar-refractivity contribution in [1.29, 1.82) is 0 Å². The van der Waals surface area contributed by atoms with E-state index in [0.29, 0.717) is 11.4 Å². The van der Waals surface area contributed by atoms with Gasteiger partial charge in [0.2, 0.25) is 5.91 Å². The van der Waals surface area contributed by atoms with Gasteiger partial charge in [0.05, 0.1) is 11.4 Å². The molecule has 0 aliphatic heterocycles. The van der Waals surface area contributed by atoms with Gasteiger partial charge in [-0.25, -0.2) is 0 Å². The molecule has 0 radical (unpaired) electrons. The molecular formula is C30H35N3OS. The van der Waals surface area contributed by atoms with Crippen LogP contribution in [-0.2, 0) is 11.3 Å². The van der Waals surface area contributed by atoms with Crippen LogP contribution in [0.25, 0.3) is 16.5 Å². The first kappa shape index (κ1) is 25.0. The largest absolute Gasteiger partial charge is 0.397 e. The van der Waals surface area contributed by atoms with Gasteiger partial charge in [-0.1, -0.05) is 61.9 Å². The van der Waals surface area contributed by atoms with Gasteiger partial charge in [-0.05, 0) is 78.1 Å². The lowest BCUT2D eigenvalue weighted by Gasteiger charge is -2.24. The molecule has 1 aliphatic carbocycles. The van der Waals surface area contributed by atoms with Crippen molar-refractivity contribution in [2.75, 3.05) is 24.6 Å². The van der Waals surface area contributed by atoms with E-state index in [1.54, 1.807) is 17.4 Å². The average molecular weight is 486 g/mol. The Morgan fingerprint density at radius 1 is 1.17 bits per heavy atom. The van der Waals surface area contributed by atoms with Gasteiger partial charge in [0.15, 0.2) is 0 Å². The molecule has 1 fully saturated rings. The van der Waals surface area contributed by atoms with E-state index < -0.39 is 0 Å². The van der Waals surface area contributed by atoms with Crippen LogP contribution in [0.2, 0.25) is 0 Å². The Labute approximate surface area is 213 Å². The van der Waals surface area contributed by atoms with Crippen molar-refractivity contribution in [2.45, 2.75) is 32.7 Å². The Balaban J connectivity index is 1.31. The number of nitrogens with one attached hydrogen (secondary N) is 1. The van der Waals surface area contributed by atoms with Crippen LogP contribution in [0.15, 0.2) is 78.2 Å². The molecule has 2 unspecified atom stereocenters. The summed E-state index contributed by atoms with van der Waals surface area (Å²) in [6.45, 7) is 8.54. The van der Waals surface area contributed by atoms with E-state index in [4.69, 9.17) is 5.73 Å². The van der Waals surface area contributed by atoms with Gasteiger partial charge in [-0.2, -0.15) is 0 Å². The standard InChI is InChI=1S/C30H35N3OS/c1-4-24-16-21(2)17-26(24)20-33(3)19-23-9-7-22(8-10-23)11-14-30(34)32-28-18-25(12-13-27(28)31)29-6-5-15-35-29/h5-15,18,24,26H,2,4,16-17,19-20,31H2,1,3H3,(H,32,34)/b14-11+. The van der Waals surface area contributed by atoms with Crippen molar-refractivity contribution < 1.29 is 4.79 Å². The number of carbonyl (C=O) groups is 1. The molecule has 4 rings (SSSR count). The van der Waals surface area contributed by atoms with Crippen molar-refractivity contribution in [3.05, 3.63) is 89.3 Å². The SMILES string of the molecule is C=C1CC(CC)C(CN(C)Cc2ccc(/C=C/C(=O)Nc3cc(-c4cccs4)ccc3N)cc2)C1. The quantitative estimate of drug-likeness (QED) is 0.193. The van der Waals surface area contributed by atoms with Crippen LogP contribution in [0.1, 0.15) is 37.3 Å². The minimum atomic E-state index is -0.201. The van der Waals surface area contributed by atoms with Gasteiger partial charge in [-0.15, -0.1) is 11.3 Å². The molecule has 1 heterocycles. The smallest absolute Gasteiger partial charge is 0.248 e. The van der Waals surface area contributed by atoms with Gasteiger partial charge in [0, 0.05) is 24.0 Å². The predicted octanol–water partition coefficient (Wildman–Crippen LogP) is 7.07. The second kappa shape index (κ2) is 11.5. The molecule has 2 aromatic carbocycles. The van der Waals surface area contributed by atoms with Crippen molar-refractivity contribution in [3.8, 4) is 10.4 Å². The van der Waals surface area contributed by atoms with Gasteiger partial charge in [0.1, 0.15) is 0 Å². The summed E-state index contributed by atoms with van der Waals surface area (Å²) in [4.78, 5) is 16.1. The molecule has 1 aromatic heterocycles. The number of hydrogen-bond acceptors (Lipinski definition) is 4. The molecule has 2 atom stereocenters. The van der Waals surface area contributed by atoms with Crippen molar-refractivity contribution in [1.82, 2.24) is 4.90 Å². The molecule has 3 aromatic rings. The summed E-state index contributed by atoms with van der Waals surface area (Å²) >= 11 is 1.66. The Hall–Kier alpha value is -3.15. The predicted molar refractivity (Wildman–Crippen MR) is 150 cm³/mol. The fourth-order valence-corrected chi connectivity index (χ4v) is 5.69. The third kappa shape index (κ3) is 6.71. The van der Waals surface area contributed by atoms with E-state index in [0.717, 1.165) is 40.9 Å². The Kier molecular flexibility index (Phi) is 8.21. The molecule has 1 aliphatic rings. The lowest BCUT2D eigenvalue weighted by Crippen LogP contribution is -2.27. The maximum atomic E-state index is 12.5. The van der Waals surface area contributed by atoms with Crippen LogP contribution in [0.5, 0.6) is 0 Å². The third-order valence-electron chi connectivity index (χ3n) is 6.82. The minimum absolute atomic E-state index is 0.201. The van der Waals surface area contributed by atoms with Crippen LogP contribution in [0, 0.1) is 11.8 Å². The van der Waals surface area contributed by atoms with E-state index in [1.165, 1.54) is 30.4 Å². The normalized spacial score (nSPS) is 18.0. The lowest BCUT2D eigenvalue weighted by atomic mass is 9.93. The summed E-state index contributed by atoms with van der Waals surface area (Å²) in [6, 6.07) is 18.2. The summed E-state index contributed by atoms with van der Waals surface area (Å²) in [6.07, 6.45) is 6.97. The van der Waals surface area contributed by atoms with E-state index in [2.05, 4.69) is 61.1 Å². The second-order valence-corrected chi connectivity index (χ2v) is 10.6. The van der Waals surface area contributed by atoms with E-state index >= 15 is 0 Å². The molecule has 182 valence electrons. The highest BCUT2D eigenvalue weighted by Crippen LogP contribution is 2.37. The van der Waals surface area contributed by atoms with Gasteiger partial charge in [-0.3, -0.25) is 4.79 Å². The zero-order valence-corrected chi connectivity index (χ0v) is 21.5. The van der Waals surface area contributed by atoms with Crippen LogP contribution in [0.4, 0.5) is 11.4 Å². The monoisotopic (exact) mass is 485 g/mol. The van der Waals surface area contributed by atoms with Gasteiger partial charge >= 0.3 is 0 Å². The fourth-order valence-electron chi connectivity index (χ4n) is 4.97. The van der Waals surface area contributed by atoms with E-state index in [9.17, 15) is 4.79 Å². The third-order valence-corrected chi connectivity index (χ3v) is 7.73. The molecule has 0 bridgehead atoms. The second-order valence-electron chi connectivity index (χ2n) is 9.63. The number of benzene rings is 2. The fraction of sp³-hybridized carbons (Fsp3) is 0.300. The van der Waals surface area contributed by atoms with Crippen molar-refractivity contribution in [3.63, 3.8) is 0 Å². The number of hydrogen-bond donors (Lipinski definition) is 2. The summed E-state index contributed by atoms with van der Waals surface area (Å²) in [7, 11) is 2.20. The van der Waals surface area contributed by atoms with Crippen LogP contribution in [-0.4, -0.2) is 24.4 Å². The van der Waals surface area contributed by atoms with Crippen LogP contribution < -0.4 is 11.1 Å². The molecular weight excluding hydrogens is 450 g/mol. The molecule has 35 heavy (non-hydrogen) atoms. The number of nitrogens with zero attached hydrogens (tertiary/aromatic N) is 1. The molecule has 4 nitrogen and oxygen atoms in total. The first-order valence-corrected chi connectivity index (χ1v) is 13.2. The Bertz CT molecular complexity index is 1180. The maximum absolute atomic E-state index is 12.5. The summed E-state index contributed by atoms with van der Waals surface area (Å²) in [5, 5.41) is 4.94. The minimum Gasteiger partial charge on any atom is -0.397 e. The van der Waals surface area contributed by atoms with E-state index in [-0.39, 0.29) is 5.91 Å². The number of allylic oxidation sites excluding steroid dienone is 1. The van der Waals surface area contributed by atoms with Crippen LogP contribution in [0.3, 0.4) is 0 Å². The number of nitrogens with two attached hydrogens (primary N) is 1. The highest BCUT2D eigenvalue weighted by atomic mass is 32.1.